The molecule has 0 saturated carbocycles. The fourth-order valence-electron chi connectivity index (χ4n) is 0.786. The maximum absolute atomic E-state index is 9.06. The molecule has 0 aliphatic carbocycles. The van der Waals surface area contributed by atoms with Crippen LogP contribution in [0.1, 0.15) is 1.37 Å². The fraction of sp³-hybridized carbons (Fsp3) is 1.00. The highest BCUT2D eigenvalue weighted by molar-refractivity contribution is 4.84. The molecule has 4 atom stereocenters. The zero-order valence-electron chi connectivity index (χ0n) is 6.14. The summed E-state index contributed by atoms with van der Waals surface area (Å²) in [7, 11) is 0. The van der Waals surface area contributed by atoms with Crippen molar-refractivity contribution in [3.63, 3.8) is 0 Å². The minimum Gasteiger partial charge on any atom is -0.394 e. The summed E-state index contributed by atoms with van der Waals surface area (Å²) >= 11 is 0. The molecule has 60 valence electrons. The molecule has 1 saturated heterocycles. The van der Waals surface area contributed by atoms with Crippen LogP contribution in [0.25, 0.3) is 0 Å². The molecule has 0 bridgehead atoms. The molecule has 0 spiro atoms. The third-order valence-corrected chi connectivity index (χ3v) is 1.37. The minimum absolute atomic E-state index is 0.617. The van der Waals surface area contributed by atoms with Gasteiger partial charge >= 0.3 is 0 Å². The van der Waals surface area contributed by atoms with Crippen LogP contribution in [0, 0.1) is 0 Å². The summed E-state index contributed by atoms with van der Waals surface area (Å²) in [5.74, 6) is 0. The SMILES string of the molecule is [2H][C@@]1(O)C(O)C(O)O[C@@H]1CO. The summed E-state index contributed by atoms with van der Waals surface area (Å²) in [6.45, 7) is -0.617. The van der Waals surface area contributed by atoms with Crippen molar-refractivity contribution in [2.75, 3.05) is 6.61 Å². The molecular weight excluding hydrogens is 140 g/mol. The van der Waals surface area contributed by atoms with E-state index in [-0.39, 0.29) is 0 Å². The van der Waals surface area contributed by atoms with Crippen LogP contribution in [-0.2, 0) is 4.74 Å². The first-order valence-corrected chi connectivity index (χ1v) is 2.85. The molecule has 2 unspecified atom stereocenters. The first kappa shape index (κ1) is 6.51. The van der Waals surface area contributed by atoms with E-state index in [0.717, 1.165) is 0 Å². The van der Waals surface area contributed by atoms with E-state index >= 15 is 0 Å². The van der Waals surface area contributed by atoms with Gasteiger partial charge in [-0.05, 0) is 0 Å². The van der Waals surface area contributed by atoms with Crippen molar-refractivity contribution < 1.29 is 26.5 Å². The molecule has 1 fully saturated rings. The van der Waals surface area contributed by atoms with Gasteiger partial charge in [0.25, 0.3) is 0 Å². The maximum Gasteiger partial charge on any atom is 0.184 e. The van der Waals surface area contributed by atoms with Gasteiger partial charge in [-0.3, -0.25) is 0 Å². The van der Waals surface area contributed by atoms with Crippen molar-refractivity contribution in [2.45, 2.75) is 24.6 Å². The molecule has 0 aromatic heterocycles. The molecule has 0 aromatic carbocycles. The lowest BCUT2D eigenvalue weighted by atomic mass is 10.1. The standard InChI is InChI=1S/C5H10O5/c6-1-2-3(7)4(8)5(9)10-2/h2-9H,1H2/t2-,3+,4?,5?/m1/s1/i3D. The lowest BCUT2D eigenvalue weighted by Crippen LogP contribution is -2.33. The number of hydrogen-bond acceptors (Lipinski definition) is 5. The highest BCUT2D eigenvalue weighted by atomic mass is 16.6. The molecule has 1 aliphatic heterocycles. The summed E-state index contributed by atoms with van der Waals surface area (Å²) in [6.07, 6.45) is -6.88. The Hall–Kier alpha value is -0.200. The van der Waals surface area contributed by atoms with Gasteiger partial charge in [0.05, 0.1) is 7.98 Å². The second-order valence-electron chi connectivity index (χ2n) is 2.07. The van der Waals surface area contributed by atoms with Gasteiger partial charge in [0.2, 0.25) is 0 Å². The summed E-state index contributed by atoms with van der Waals surface area (Å²) < 4.78 is 11.5. The van der Waals surface area contributed by atoms with Crippen LogP contribution in [0.3, 0.4) is 0 Å². The first-order chi connectivity index (χ1) is 5.00. The highest BCUT2D eigenvalue weighted by Gasteiger charge is 2.41. The van der Waals surface area contributed by atoms with Crippen LogP contribution in [0.15, 0.2) is 0 Å². The Morgan fingerprint density at radius 3 is 2.20 bits per heavy atom. The molecule has 4 N–H and O–H groups in total. The first-order valence-electron chi connectivity index (χ1n) is 3.35. The monoisotopic (exact) mass is 151 g/mol. The third kappa shape index (κ3) is 1.14. The van der Waals surface area contributed by atoms with Crippen molar-refractivity contribution in [1.29, 1.82) is 0 Å². The van der Waals surface area contributed by atoms with Gasteiger partial charge < -0.3 is 25.2 Å². The van der Waals surface area contributed by atoms with Crippen molar-refractivity contribution in [2.24, 2.45) is 0 Å². The van der Waals surface area contributed by atoms with Crippen LogP contribution in [0.4, 0.5) is 0 Å². The zero-order chi connectivity index (χ0) is 8.65. The van der Waals surface area contributed by atoms with Gasteiger partial charge in [0, 0.05) is 0 Å². The van der Waals surface area contributed by atoms with Gasteiger partial charge in [-0.15, -0.1) is 0 Å². The average Bonchev–Trinajstić information content (AvgIpc) is 2.13. The Morgan fingerprint density at radius 2 is 2.00 bits per heavy atom. The van der Waals surface area contributed by atoms with Crippen molar-refractivity contribution in [3.05, 3.63) is 0 Å². The normalized spacial score (nSPS) is 56.8. The van der Waals surface area contributed by atoms with Crippen molar-refractivity contribution in [1.82, 2.24) is 0 Å². The summed E-state index contributed by atoms with van der Waals surface area (Å²) in [4.78, 5) is 0. The molecule has 5 nitrogen and oxygen atoms in total. The Labute approximate surface area is 58.9 Å². The summed E-state index contributed by atoms with van der Waals surface area (Å²) in [5.41, 5.74) is 0. The van der Waals surface area contributed by atoms with Gasteiger partial charge in [-0.2, -0.15) is 0 Å². The number of rotatable bonds is 1. The van der Waals surface area contributed by atoms with E-state index in [1.165, 1.54) is 0 Å². The number of ether oxygens (including phenoxy) is 1. The zero-order valence-corrected chi connectivity index (χ0v) is 5.14. The van der Waals surface area contributed by atoms with E-state index < -0.39 is 31.2 Å². The Kier molecular flexibility index (Phi) is 1.83. The Morgan fingerprint density at radius 1 is 1.40 bits per heavy atom. The molecule has 5 heteroatoms. The average molecular weight is 151 g/mol. The second-order valence-corrected chi connectivity index (χ2v) is 2.07. The molecule has 10 heavy (non-hydrogen) atoms. The van der Waals surface area contributed by atoms with Crippen LogP contribution < -0.4 is 0 Å². The predicted molar refractivity (Wildman–Crippen MR) is 30.0 cm³/mol. The fourth-order valence-corrected chi connectivity index (χ4v) is 0.786. The molecular formula is C5H10O5. The lowest BCUT2D eigenvalue weighted by Gasteiger charge is -2.09. The van der Waals surface area contributed by atoms with Crippen LogP contribution in [0.5, 0.6) is 0 Å². The molecule has 1 rings (SSSR count). The Bertz CT molecular complexity index is 150. The molecule has 0 radical (unpaired) electrons. The maximum atomic E-state index is 9.06. The molecule has 0 amide bonds. The summed E-state index contributed by atoms with van der Waals surface area (Å²) in [5, 5.41) is 35.2. The van der Waals surface area contributed by atoms with Crippen LogP contribution >= 0.6 is 0 Å². The van der Waals surface area contributed by atoms with E-state index in [9.17, 15) is 0 Å². The number of aliphatic hydroxyl groups excluding tert-OH is 3. The van der Waals surface area contributed by atoms with E-state index in [4.69, 9.17) is 21.8 Å². The minimum atomic E-state index is -2.33. The molecule has 1 aliphatic rings. The smallest absolute Gasteiger partial charge is 0.184 e. The molecule has 1 heterocycles. The van der Waals surface area contributed by atoms with E-state index in [0.29, 0.717) is 0 Å². The van der Waals surface area contributed by atoms with E-state index in [1.807, 2.05) is 0 Å². The van der Waals surface area contributed by atoms with E-state index in [2.05, 4.69) is 4.74 Å². The van der Waals surface area contributed by atoms with Crippen molar-refractivity contribution >= 4 is 0 Å². The quantitative estimate of drug-likeness (QED) is 0.330. The second kappa shape index (κ2) is 2.81. The van der Waals surface area contributed by atoms with Crippen LogP contribution in [0.2, 0.25) is 0 Å². The van der Waals surface area contributed by atoms with Gasteiger partial charge in [-0.25, -0.2) is 0 Å². The summed E-state index contributed by atoms with van der Waals surface area (Å²) in [6, 6.07) is 0. The topological polar surface area (TPSA) is 90.2 Å². The number of hydrogen-bond donors (Lipinski definition) is 4. The largest absolute Gasteiger partial charge is 0.394 e. The molecule has 0 aromatic rings. The van der Waals surface area contributed by atoms with Gasteiger partial charge in [0.1, 0.15) is 18.3 Å². The van der Waals surface area contributed by atoms with Crippen molar-refractivity contribution in [3.8, 4) is 0 Å². The third-order valence-electron chi connectivity index (χ3n) is 1.37. The predicted octanol–water partition coefficient (Wildman–Crippen LogP) is -2.58. The lowest BCUT2D eigenvalue weighted by molar-refractivity contribution is -0.132. The highest BCUT2D eigenvalue weighted by Crippen LogP contribution is 2.18. The van der Waals surface area contributed by atoms with Crippen LogP contribution in [-0.4, -0.2) is 51.6 Å². The van der Waals surface area contributed by atoms with E-state index in [1.54, 1.807) is 0 Å². The van der Waals surface area contributed by atoms with Gasteiger partial charge in [0.15, 0.2) is 6.29 Å². The van der Waals surface area contributed by atoms with Gasteiger partial charge in [-0.1, -0.05) is 0 Å². The Balaban J connectivity index is 2.74. The number of aliphatic hydroxyl groups is 4.